The number of carbonyl (C=O) groups excluding carboxylic acids is 1. The molecule has 1 saturated carbocycles. The second-order valence-electron chi connectivity index (χ2n) is 9.03. The first-order valence-electron chi connectivity index (χ1n) is 11.3. The Bertz CT molecular complexity index is 972. The topological polar surface area (TPSA) is 94.3 Å². The van der Waals surface area contributed by atoms with Gasteiger partial charge >= 0.3 is 6.09 Å². The lowest BCUT2D eigenvalue weighted by molar-refractivity contribution is 0.109. The maximum absolute atomic E-state index is 13.5. The summed E-state index contributed by atoms with van der Waals surface area (Å²) in [7, 11) is -2.36. The number of anilines is 1. The largest absolute Gasteiger partial charge is 0.447 e. The summed E-state index contributed by atoms with van der Waals surface area (Å²) in [6, 6.07) is 6.00. The molecule has 0 radical (unpaired) electrons. The van der Waals surface area contributed by atoms with E-state index >= 15 is 0 Å². The van der Waals surface area contributed by atoms with Gasteiger partial charge in [-0.05, 0) is 64.5 Å². The van der Waals surface area contributed by atoms with Crippen LogP contribution < -0.4 is 16.4 Å². The molecule has 8 heteroatoms. The molecular weight excluding hydrogens is 429 g/mol. The van der Waals surface area contributed by atoms with E-state index in [0.717, 1.165) is 71.6 Å². The van der Waals surface area contributed by atoms with Gasteiger partial charge in [-0.3, -0.25) is 0 Å². The normalized spacial score (nSPS) is 23.1. The van der Waals surface area contributed by atoms with Crippen molar-refractivity contribution >= 4 is 35.6 Å². The number of alkyl carbamates (subject to hydrolysis) is 1. The van der Waals surface area contributed by atoms with Gasteiger partial charge in [0.2, 0.25) is 0 Å². The number of ether oxygens (including phenoxy) is 1. The van der Waals surface area contributed by atoms with Crippen molar-refractivity contribution < 1.29 is 14.1 Å². The first-order valence-corrected chi connectivity index (χ1v) is 14.1. The maximum atomic E-state index is 13.5. The van der Waals surface area contributed by atoms with Crippen LogP contribution in [0.4, 0.5) is 10.5 Å². The van der Waals surface area contributed by atoms with Gasteiger partial charge in [-0.15, -0.1) is 11.3 Å². The van der Waals surface area contributed by atoms with Crippen LogP contribution in [0, 0.1) is 0 Å². The molecule has 0 atom stereocenters. The van der Waals surface area contributed by atoms with Gasteiger partial charge in [-0.2, -0.15) is 0 Å². The van der Waals surface area contributed by atoms with Crippen LogP contribution in [-0.2, 0) is 9.30 Å². The predicted octanol–water partition coefficient (Wildman–Crippen LogP) is 5.34. The third kappa shape index (κ3) is 5.15. The van der Waals surface area contributed by atoms with Gasteiger partial charge in [0.1, 0.15) is 7.14 Å². The summed E-state index contributed by atoms with van der Waals surface area (Å²) >= 11 is 1.71. The molecule has 4 rings (SSSR count). The molecule has 2 heterocycles. The smallest absolute Gasteiger partial charge is 0.407 e. The summed E-state index contributed by atoms with van der Waals surface area (Å²) in [4.78, 5) is 17.7. The van der Waals surface area contributed by atoms with E-state index in [0.29, 0.717) is 11.6 Å². The van der Waals surface area contributed by atoms with Crippen molar-refractivity contribution in [3.05, 3.63) is 29.4 Å². The zero-order valence-corrected chi connectivity index (χ0v) is 20.0. The number of benzene rings is 1. The van der Waals surface area contributed by atoms with Gasteiger partial charge in [0.15, 0.2) is 0 Å². The Morgan fingerprint density at radius 3 is 2.61 bits per heavy atom. The van der Waals surface area contributed by atoms with Crippen molar-refractivity contribution in [3.63, 3.8) is 0 Å². The number of nitrogen functional groups attached to an aromatic ring is 1. The minimum absolute atomic E-state index is 0.108. The first kappa shape index (κ1) is 22.3. The Balaban J connectivity index is 1.45. The molecule has 1 amide bonds. The maximum Gasteiger partial charge on any atom is 0.407 e. The van der Waals surface area contributed by atoms with Crippen molar-refractivity contribution in [1.82, 2.24) is 10.3 Å². The van der Waals surface area contributed by atoms with E-state index in [1.807, 2.05) is 38.2 Å². The molecule has 31 heavy (non-hydrogen) atoms. The molecule has 2 aromatic rings. The summed E-state index contributed by atoms with van der Waals surface area (Å²) < 4.78 is 18.7. The van der Waals surface area contributed by atoms with Crippen molar-refractivity contribution in [2.24, 2.45) is 0 Å². The molecule has 0 bridgehead atoms. The van der Waals surface area contributed by atoms with Crippen LogP contribution in [0.25, 0.3) is 10.4 Å². The zero-order chi connectivity index (χ0) is 22.0. The Labute approximate surface area is 188 Å². The molecule has 0 unspecified atom stereocenters. The summed E-state index contributed by atoms with van der Waals surface area (Å²) in [5.74, 6) is 0.401. The number of nitrogens with two attached hydrogens (primary N) is 1. The van der Waals surface area contributed by atoms with Crippen molar-refractivity contribution in [2.45, 2.75) is 70.4 Å². The molecule has 2 aliphatic rings. The minimum atomic E-state index is -2.36. The quantitative estimate of drug-likeness (QED) is 0.463. The molecule has 1 aromatic heterocycles. The fraction of sp³-hybridized carbons (Fsp3) is 0.565. The average Bonchev–Trinajstić information content (AvgIpc) is 3.38. The van der Waals surface area contributed by atoms with Gasteiger partial charge in [0.05, 0.1) is 16.0 Å². The number of hydrogen-bond acceptors (Lipinski definition) is 6. The number of nitrogens with one attached hydrogen (secondary N) is 1. The lowest BCUT2D eigenvalue weighted by Gasteiger charge is -2.28. The van der Waals surface area contributed by atoms with Gasteiger partial charge in [0, 0.05) is 47.0 Å². The number of aromatic nitrogens is 1. The van der Waals surface area contributed by atoms with Gasteiger partial charge in [0.25, 0.3) is 0 Å². The Morgan fingerprint density at radius 1 is 1.23 bits per heavy atom. The third-order valence-electron chi connectivity index (χ3n) is 6.28. The SMILES string of the molecule is CC(C)OC(=O)N[C@H]1CC[C@H](c2ncc(-c3ccc(N)cc3P3(=O)CCCC3)s2)CC1. The standard InChI is InChI=1S/C23H32N3O3PS/c1-15(2)29-23(27)26-18-8-5-16(6-9-18)22-25-14-21(31-22)19-10-7-17(24)13-20(19)30(28)11-3-4-12-30/h7,10,13-16,18H,3-6,8-9,11-12,24H2,1-2H3,(H,26,27)/t16-,18-. The molecule has 2 fully saturated rings. The molecule has 168 valence electrons. The number of hydrogen-bond donors (Lipinski definition) is 2. The molecule has 1 saturated heterocycles. The molecule has 1 aromatic carbocycles. The lowest BCUT2D eigenvalue weighted by Crippen LogP contribution is -2.38. The van der Waals surface area contributed by atoms with Gasteiger partial charge in [-0.1, -0.05) is 6.07 Å². The molecule has 1 aliphatic carbocycles. The predicted molar refractivity (Wildman–Crippen MR) is 128 cm³/mol. The van der Waals surface area contributed by atoms with E-state index in [9.17, 15) is 9.36 Å². The van der Waals surface area contributed by atoms with Crippen LogP contribution in [0.1, 0.15) is 63.3 Å². The van der Waals surface area contributed by atoms with E-state index in [1.54, 1.807) is 11.3 Å². The summed E-state index contributed by atoms with van der Waals surface area (Å²) in [6.07, 6.45) is 8.96. The summed E-state index contributed by atoms with van der Waals surface area (Å²) in [5, 5.41) is 5.05. The highest BCUT2D eigenvalue weighted by molar-refractivity contribution is 7.72. The van der Waals surface area contributed by atoms with Crippen LogP contribution in [0.3, 0.4) is 0 Å². The van der Waals surface area contributed by atoms with E-state index in [1.165, 1.54) is 0 Å². The monoisotopic (exact) mass is 461 g/mol. The molecule has 0 spiro atoms. The third-order valence-corrected chi connectivity index (χ3v) is 10.8. The highest BCUT2D eigenvalue weighted by atomic mass is 32.1. The van der Waals surface area contributed by atoms with E-state index < -0.39 is 7.14 Å². The van der Waals surface area contributed by atoms with Crippen molar-refractivity contribution in [2.75, 3.05) is 18.1 Å². The molecular formula is C23H32N3O3PS. The highest BCUT2D eigenvalue weighted by Gasteiger charge is 2.32. The number of amides is 1. The van der Waals surface area contributed by atoms with E-state index in [4.69, 9.17) is 15.5 Å². The lowest BCUT2D eigenvalue weighted by atomic mass is 9.86. The van der Waals surface area contributed by atoms with Crippen LogP contribution >= 0.6 is 18.5 Å². The number of carbonyl (C=O) groups is 1. The molecule has 3 N–H and O–H groups in total. The second kappa shape index (κ2) is 9.33. The van der Waals surface area contributed by atoms with Crippen molar-refractivity contribution in [3.8, 4) is 10.4 Å². The minimum Gasteiger partial charge on any atom is -0.447 e. The van der Waals surface area contributed by atoms with E-state index in [2.05, 4.69) is 5.32 Å². The van der Waals surface area contributed by atoms with Crippen LogP contribution in [0.2, 0.25) is 0 Å². The van der Waals surface area contributed by atoms with E-state index in [-0.39, 0.29) is 18.2 Å². The van der Waals surface area contributed by atoms with Gasteiger partial charge in [-0.25, -0.2) is 9.78 Å². The molecule has 1 aliphatic heterocycles. The van der Waals surface area contributed by atoms with Crippen LogP contribution in [0.15, 0.2) is 24.4 Å². The molecule has 6 nitrogen and oxygen atoms in total. The number of thiazole rings is 1. The number of rotatable bonds is 5. The Kier molecular flexibility index (Phi) is 6.73. The average molecular weight is 462 g/mol. The summed E-state index contributed by atoms with van der Waals surface area (Å²) in [6.45, 7) is 3.71. The second-order valence-corrected chi connectivity index (χ2v) is 13.2. The zero-order valence-electron chi connectivity index (χ0n) is 18.3. The van der Waals surface area contributed by atoms with Crippen LogP contribution in [0.5, 0.6) is 0 Å². The van der Waals surface area contributed by atoms with Crippen LogP contribution in [-0.4, -0.2) is 35.5 Å². The first-order chi connectivity index (χ1) is 14.8. The fourth-order valence-corrected chi connectivity index (χ4v) is 9.08. The highest BCUT2D eigenvalue weighted by Crippen LogP contribution is 2.53. The number of nitrogens with zero attached hydrogens (tertiary/aromatic N) is 1. The van der Waals surface area contributed by atoms with Crippen molar-refractivity contribution in [1.29, 1.82) is 0 Å². The van der Waals surface area contributed by atoms with Gasteiger partial charge < -0.3 is 20.4 Å². The Hall–Kier alpha value is -1.85. The Morgan fingerprint density at radius 2 is 1.94 bits per heavy atom. The fourth-order valence-electron chi connectivity index (χ4n) is 4.68. The summed E-state index contributed by atoms with van der Waals surface area (Å²) in [5.41, 5.74) is 7.77.